The molecule has 84 valence electrons. The Balaban J connectivity index is 2.42. The number of hydrogen-bond donors (Lipinski definition) is 1. The van der Waals surface area contributed by atoms with Gasteiger partial charge < -0.3 is 5.32 Å². The number of hydrogen-bond acceptors (Lipinski definition) is 3. The Morgan fingerprint density at radius 2 is 1.82 bits per heavy atom. The van der Waals surface area contributed by atoms with Crippen LogP contribution in [-0.2, 0) is 0 Å². The lowest BCUT2D eigenvalue weighted by Crippen LogP contribution is -1.99. The predicted octanol–water partition coefficient (Wildman–Crippen LogP) is 3.31. The van der Waals surface area contributed by atoms with Crippen molar-refractivity contribution in [3.05, 3.63) is 53.3 Å². The molecule has 0 unspecified atom stereocenters. The molecule has 17 heavy (non-hydrogen) atoms. The van der Waals surface area contributed by atoms with Crippen LogP contribution in [0.5, 0.6) is 0 Å². The van der Waals surface area contributed by atoms with Crippen LogP contribution in [0.2, 0.25) is 0 Å². The van der Waals surface area contributed by atoms with Crippen LogP contribution in [0.3, 0.4) is 0 Å². The maximum atomic E-state index is 8.98. The molecule has 0 fully saturated rings. The van der Waals surface area contributed by atoms with Gasteiger partial charge in [-0.05, 0) is 37.1 Å². The number of nitrogens with one attached hydrogen (secondary N) is 1. The summed E-state index contributed by atoms with van der Waals surface area (Å²) in [7, 11) is 0. The van der Waals surface area contributed by atoms with Crippen molar-refractivity contribution in [1.82, 2.24) is 4.98 Å². The number of aromatic nitrogens is 1. The minimum absolute atomic E-state index is 0.412. The minimum Gasteiger partial charge on any atom is -0.353 e. The molecule has 3 heteroatoms. The fourth-order valence-corrected chi connectivity index (χ4v) is 1.74. The molecule has 2 aromatic rings. The van der Waals surface area contributed by atoms with Crippen LogP contribution >= 0.6 is 0 Å². The summed E-state index contributed by atoms with van der Waals surface area (Å²) in [6, 6.07) is 11.9. The molecule has 0 bridgehead atoms. The van der Waals surface area contributed by atoms with Crippen molar-refractivity contribution in [3.8, 4) is 6.07 Å². The van der Waals surface area contributed by atoms with Gasteiger partial charge in [-0.3, -0.25) is 0 Å². The molecule has 0 atom stereocenters. The highest BCUT2D eigenvalue weighted by Crippen LogP contribution is 2.25. The zero-order chi connectivity index (χ0) is 12.3. The molecular weight excluding hydrogens is 210 g/mol. The molecule has 1 heterocycles. The summed E-state index contributed by atoms with van der Waals surface area (Å²) in [5.41, 5.74) is 4.50. The summed E-state index contributed by atoms with van der Waals surface area (Å²) in [5, 5.41) is 12.3. The zero-order valence-electron chi connectivity index (χ0n) is 9.86. The van der Waals surface area contributed by atoms with E-state index in [0.717, 1.165) is 22.5 Å². The standard InChI is InChI=1S/C14H13N3/c1-10-5-3-6-11(2)14(10)17-12-7-4-8-16-13(12)9-15/h3-8,17H,1-2H3. The van der Waals surface area contributed by atoms with E-state index in [1.54, 1.807) is 6.20 Å². The van der Waals surface area contributed by atoms with Gasteiger partial charge in [-0.15, -0.1) is 0 Å². The van der Waals surface area contributed by atoms with Crippen molar-refractivity contribution in [3.63, 3.8) is 0 Å². The smallest absolute Gasteiger partial charge is 0.163 e. The van der Waals surface area contributed by atoms with Crippen LogP contribution in [0.25, 0.3) is 0 Å². The second-order valence-electron chi connectivity index (χ2n) is 3.90. The number of nitrogens with zero attached hydrogens (tertiary/aromatic N) is 2. The molecule has 0 aliphatic heterocycles. The maximum absolute atomic E-state index is 8.98. The number of aryl methyl sites for hydroxylation is 2. The predicted molar refractivity (Wildman–Crippen MR) is 68.2 cm³/mol. The summed E-state index contributed by atoms with van der Waals surface area (Å²) in [5.74, 6) is 0. The summed E-state index contributed by atoms with van der Waals surface area (Å²) >= 11 is 0. The molecule has 0 radical (unpaired) electrons. The lowest BCUT2D eigenvalue weighted by atomic mass is 10.1. The molecule has 0 saturated carbocycles. The molecule has 1 N–H and O–H groups in total. The van der Waals surface area contributed by atoms with E-state index in [1.807, 2.05) is 44.2 Å². The number of benzene rings is 1. The third-order valence-electron chi connectivity index (χ3n) is 2.65. The minimum atomic E-state index is 0.412. The Morgan fingerprint density at radius 1 is 1.12 bits per heavy atom. The van der Waals surface area contributed by atoms with E-state index in [9.17, 15) is 0 Å². The van der Waals surface area contributed by atoms with E-state index in [-0.39, 0.29) is 0 Å². The molecule has 1 aromatic heterocycles. The van der Waals surface area contributed by atoms with Gasteiger partial charge >= 0.3 is 0 Å². The average Bonchev–Trinajstić information content (AvgIpc) is 2.34. The summed E-state index contributed by atoms with van der Waals surface area (Å²) in [4.78, 5) is 4.03. The lowest BCUT2D eigenvalue weighted by molar-refractivity contribution is 1.25. The highest BCUT2D eigenvalue weighted by Gasteiger charge is 2.06. The maximum Gasteiger partial charge on any atom is 0.163 e. The summed E-state index contributed by atoms with van der Waals surface area (Å²) in [6.45, 7) is 4.08. The van der Waals surface area contributed by atoms with Crippen LogP contribution in [0, 0.1) is 25.2 Å². The largest absolute Gasteiger partial charge is 0.353 e. The van der Waals surface area contributed by atoms with Gasteiger partial charge in [0.25, 0.3) is 0 Å². The van der Waals surface area contributed by atoms with Gasteiger partial charge in [0, 0.05) is 11.9 Å². The molecule has 0 amide bonds. The summed E-state index contributed by atoms with van der Waals surface area (Å²) < 4.78 is 0. The van der Waals surface area contributed by atoms with Gasteiger partial charge in [0.15, 0.2) is 5.69 Å². The van der Waals surface area contributed by atoms with E-state index in [1.165, 1.54) is 0 Å². The van der Waals surface area contributed by atoms with Crippen LogP contribution in [-0.4, -0.2) is 4.98 Å². The van der Waals surface area contributed by atoms with Gasteiger partial charge in [-0.1, -0.05) is 18.2 Å². The monoisotopic (exact) mass is 223 g/mol. The van der Waals surface area contributed by atoms with Gasteiger partial charge in [-0.2, -0.15) is 5.26 Å². The van der Waals surface area contributed by atoms with Crippen molar-refractivity contribution in [2.45, 2.75) is 13.8 Å². The molecule has 0 aliphatic rings. The van der Waals surface area contributed by atoms with Gasteiger partial charge in [0.2, 0.25) is 0 Å². The van der Waals surface area contributed by atoms with E-state index < -0.39 is 0 Å². The van der Waals surface area contributed by atoms with E-state index in [4.69, 9.17) is 5.26 Å². The average molecular weight is 223 g/mol. The fraction of sp³-hybridized carbons (Fsp3) is 0.143. The van der Waals surface area contributed by atoms with E-state index in [0.29, 0.717) is 5.69 Å². The molecule has 0 aliphatic carbocycles. The van der Waals surface area contributed by atoms with Crippen molar-refractivity contribution in [1.29, 1.82) is 5.26 Å². The van der Waals surface area contributed by atoms with Crippen LogP contribution in [0.15, 0.2) is 36.5 Å². The Labute approximate surface area is 101 Å². The Bertz CT molecular complexity index is 562. The van der Waals surface area contributed by atoms with E-state index >= 15 is 0 Å². The third-order valence-corrected chi connectivity index (χ3v) is 2.65. The Hall–Kier alpha value is -2.34. The zero-order valence-corrected chi connectivity index (χ0v) is 9.86. The van der Waals surface area contributed by atoms with Gasteiger partial charge in [0.1, 0.15) is 6.07 Å². The van der Waals surface area contributed by atoms with Gasteiger partial charge in [0.05, 0.1) is 5.69 Å². The van der Waals surface area contributed by atoms with Crippen molar-refractivity contribution in [2.75, 3.05) is 5.32 Å². The molecular formula is C14H13N3. The number of rotatable bonds is 2. The van der Waals surface area contributed by atoms with Crippen molar-refractivity contribution >= 4 is 11.4 Å². The number of para-hydroxylation sites is 1. The van der Waals surface area contributed by atoms with Gasteiger partial charge in [-0.25, -0.2) is 4.98 Å². The molecule has 3 nitrogen and oxygen atoms in total. The highest BCUT2D eigenvalue weighted by atomic mass is 14.9. The molecule has 2 rings (SSSR count). The van der Waals surface area contributed by atoms with Crippen molar-refractivity contribution in [2.24, 2.45) is 0 Å². The van der Waals surface area contributed by atoms with Crippen LogP contribution < -0.4 is 5.32 Å². The first-order valence-electron chi connectivity index (χ1n) is 5.40. The topological polar surface area (TPSA) is 48.7 Å². The highest BCUT2D eigenvalue weighted by molar-refractivity contribution is 5.69. The fourth-order valence-electron chi connectivity index (χ4n) is 1.74. The quantitative estimate of drug-likeness (QED) is 0.849. The normalized spacial score (nSPS) is 9.71. The summed E-state index contributed by atoms with van der Waals surface area (Å²) in [6.07, 6.45) is 1.62. The van der Waals surface area contributed by atoms with Crippen molar-refractivity contribution < 1.29 is 0 Å². The lowest BCUT2D eigenvalue weighted by Gasteiger charge is -2.12. The first-order valence-corrected chi connectivity index (χ1v) is 5.40. The Kier molecular flexibility index (Phi) is 3.06. The first kappa shape index (κ1) is 11.2. The number of anilines is 2. The molecule has 0 spiro atoms. The third kappa shape index (κ3) is 2.26. The SMILES string of the molecule is Cc1cccc(C)c1Nc1cccnc1C#N. The van der Waals surface area contributed by atoms with E-state index in [2.05, 4.69) is 16.4 Å². The van der Waals surface area contributed by atoms with Crippen LogP contribution in [0.4, 0.5) is 11.4 Å². The number of nitriles is 1. The second kappa shape index (κ2) is 4.67. The first-order chi connectivity index (χ1) is 8.22. The number of pyridine rings is 1. The second-order valence-corrected chi connectivity index (χ2v) is 3.90. The molecule has 1 aromatic carbocycles. The van der Waals surface area contributed by atoms with Crippen LogP contribution in [0.1, 0.15) is 16.8 Å². The molecule has 0 saturated heterocycles. The Morgan fingerprint density at radius 3 is 2.47 bits per heavy atom.